The van der Waals surface area contributed by atoms with Gasteiger partial charge in [0.15, 0.2) is 18.1 Å². The lowest BCUT2D eigenvalue weighted by Crippen LogP contribution is -2.45. The Balaban J connectivity index is 1.27. The Hall–Kier alpha value is -4.90. The Labute approximate surface area is 241 Å². The number of amides is 2. The summed E-state index contributed by atoms with van der Waals surface area (Å²) in [5.74, 6) is 0.422. The summed E-state index contributed by atoms with van der Waals surface area (Å²) < 4.78 is 31.4. The number of aromatic amines is 1. The zero-order valence-corrected chi connectivity index (χ0v) is 22.9. The zero-order chi connectivity index (χ0) is 29.1. The molecule has 42 heavy (non-hydrogen) atoms. The minimum Gasteiger partial charge on any atom is -0.493 e. The first-order valence-electron chi connectivity index (χ1n) is 13.6. The SMILES string of the molecule is COc1ccc2cc1OCC(=O)NCc1ccc(cc1)O[C@H]1CN(Cc3cn[nH]c3-c3cccc(F)c3)C[C@@H]1NC2=O. The van der Waals surface area contributed by atoms with E-state index in [1.807, 2.05) is 30.3 Å². The summed E-state index contributed by atoms with van der Waals surface area (Å²) in [6.07, 6.45) is 1.39. The van der Waals surface area contributed by atoms with Gasteiger partial charge in [-0.05, 0) is 48.0 Å². The van der Waals surface area contributed by atoms with Crippen LogP contribution in [0.4, 0.5) is 4.39 Å². The third kappa shape index (κ3) is 6.06. The third-order valence-corrected chi connectivity index (χ3v) is 7.37. The summed E-state index contributed by atoms with van der Waals surface area (Å²) in [5.41, 5.74) is 3.63. The number of nitrogens with one attached hydrogen (secondary N) is 3. The molecule has 0 spiro atoms. The van der Waals surface area contributed by atoms with Crippen LogP contribution in [0.5, 0.6) is 17.2 Å². The lowest BCUT2D eigenvalue weighted by Gasteiger charge is -2.21. The largest absolute Gasteiger partial charge is 0.493 e. The number of methoxy groups -OCH3 is 1. The first-order chi connectivity index (χ1) is 20.4. The first kappa shape index (κ1) is 27.3. The summed E-state index contributed by atoms with van der Waals surface area (Å²) in [7, 11) is 1.50. The van der Waals surface area contributed by atoms with Crippen LogP contribution in [0.1, 0.15) is 21.5 Å². The molecule has 4 bridgehead atoms. The van der Waals surface area contributed by atoms with Crippen LogP contribution >= 0.6 is 0 Å². The highest BCUT2D eigenvalue weighted by Gasteiger charge is 2.36. The second-order valence-electron chi connectivity index (χ2n) is 10.3. The van der Waals surface area contributed by atoms with E-state index in [1.54, 1.807) is 30.5 Å². The molecule has 4 aromatic rings. The lowest BCUT2D eigenvalue weighted by atomic mass is 10.1. The van der Waals surface area contributed by atoms with Crippen molar-refractivity contribution in [3.05, 3.63) is 95.4 Å². The Bertz CT molecular complexity index is 1590. The highest BCUT2D eigenvalue weighted by Crippen LogP contribution is 2.29. The third-order valence-electron chi connectivity index (χ3n) is 7.37. The van der Waals surface area contributed by atoms with E-state index in [1.165, 1.54) is 19.2 Å². The van der Waals surface area contributed by atoms with Gasteiger partial charge in [-0.15, -0.1) is 0 Å². The molecule has 10 nitrogen and oxygen atoms in total. The van der Waals surface area contributed by atoms with Gasteiger partial charge in [-0.2, -0.15) is 5.10 Å². The van der Waals surface area contributed by atoms with Crippen molar-refractivity contribution in [1.82, 2.24) is 25.7 Å². The number of hydrogen-bond acceptors (Lipinski definition) is 7. The minimum atomic E-state index is -0.353. The number of halogens is 1. The van der Waals surface area contributed by atoms with Crippen LogP contribution in [-0.2, 0) is 17.9 Å². The average molecular weight is 572 g/mol. The molecule has 3 aliphatic rings. The molecule has 0 radical (unpaired) electrons. The van der Waals surface area contributed by atoms with Crippen LogP contribution in [-0.4, -0.2) is 65.9 Å². The fourth-order valence-electron chi connectivity index (χ4n) is 5.24. The number of hydrogen-bond donors (Lipinski definition) is 3. The molecule has 2 atom stereocenters. The van der Waals surface area contributed by atoms with E-state index in [2.05, 4.69) is 25.7 Å². The molecule has 1 saturated heterocycles. The Kier molecular flexibility index (Phi) is 7.74. The molecule has 7 rings (SSSR count). The molecule has 2 amide bonds. The predicted octanol–water partition coefficient (Wildman–Crippen LogP) is 3.29. The van der Waals surface area contributed by atoms with Crippen molar-refractivity contribution < 1.29 is 28.2 Å². The fraction of sp³-hybridized carbons (Fsp3) is 0.258. The molecule has 3 aliphatic heterocycles. The molecular formula is C31H30FN5O5. The molecule has 1 fully saturated rings. The number of benzene rings is 3. The number of fused-ring (bicyclic) bond motifs is 7. The van der Waals surface area contributed by atoms with Gasteiger partial charge >= 0.3 is 0 Å². The van der Waals surface area contributed by atoms with Crippen molar-refractivity contribution in [3.8, 4) is 28.5 Å². The van der Waals surface area contributed by atoms with Crippen LogP contribution < -0.4 is 24.8 Å². The molecule has 3 aromatic carbocycles. The van der Waals surface area contributed by atoms with Crippen LogP contribution in [0.15, 0.2) is 72.9 Å². The van der Waals surface area contributed by atoms with Gasteiger partial charge in [0, 0.05) is 42.9 Å². The van der Waals surface area contributed by atoms with Gasteiger partial charge in [0.1, 0.15) is 17.7 Å². The van der Waals surface area contributed by atoms with Gasteiger partial charge in [-0.1, -0.05) is 24.3 Å². The number of H-pyrrole nitrogens is 1. The van der Waals surface area contributed by atoms with Gasteiger partial charge in [0.2, 0.25) is 0 Å². The van der Waals surface area contributed by atoms with Crippen molar-refractivity contribution in [2.75, 3.05) is 26.8 Å². The first-order valence-corrected chi connectivity index (χ1v) is 13.6. The minimum absolute atomic E-state index is 0.228. The van der Waals surface area contributed by atoms with E-state index in [0.29, 0.717) is 54.6 Å². The lowest BCUT2D eigenvalue weighted by molar-refractivity contribution is -0.123. The van der Waals surface area contributed by atoms with E-state index in [4.69, 9.17) is 14.2 Å². The van der Waals surface area contributed by atoms with E-state index in [0.717, 1.165) is 16.8 Å². The van der Waals surface area contributed by atoms with Gasteiger partial charge in [-0.25, -0.2) is 4.39 Å². The predicted molar refractivity (Wildman–Crippen MR) is 152 cm³/mol. The molecule has 3 N–H and O–H groups in total. The fourth-order valence-corrected chi connectivity index (χ4v) is 5.24. The monoisotopic (exact) mass is 571 g/mol. The number of likely N-dealkylation sites (tertiary alicyclic amines) is 1. The normalized spacial score (nSPS) is 19.2. The summed E-state index contributed by atoms with van der Waals surface area (Å²) in [4.78, 5) is 28.0. The van der Waals surface area contributed by atoms with Crippen LogP contribution in [0, 0.1) is 5.82 Å². The Morgan fingerprint density at radius 2 is 1.90 bits per heavy atom. The van der Waals surface area contributed by atoms with Gasteiger partial charge < -0.3 is 24.8 Å². The molecule has 0 aliphatic carbocycles. The number of nitrogens with zero attached hydrogens (tertiary/aromatic N) is 2. The summed E-state index contributed by atoms with van der Waals surface area (Å²) in [6, 6.07) is 18.4. The summed E-state index contributed by atoms with van der Waals surface area (Å²) >= 11 is 0. The van der Waals surface area contributed by atoms with E-state index in [9.17, 15) is 14.0 Å². The van der Waals surface area contributed by atoms with Crippen molar-refractivity contribution in [3.63, 3.8) is 0 Å². The highest BCUT2D eigenvalue weighted by molar-refractivity contribution is 5.95. The van der Waals surface area contributed by atoms with Crippen LogP contribution in [0.3, 0.4) is 0 Å². The van der Waals surface area contributed by atoms with Crippen molar-refractivity contribution in [1.29, 1.82) is 0 Å². The number of rotatable bonds is 4. The maximum atomic E-state index is 13.9. The summed E-state index contributed by atoms with van der Waals surface area (Å²) in [5, 5.41) is 13.2. The molecule has 0 unspecified atom stereocenters. The number of ether oxygens (including phenoxy) is 3. The van der Waals surface area contributed by atoms with Crippen molar-refractivity contribution in [2.24, 2.45) is 0 Å². The van der Waals surface area contributed by atoms with E-state index >= 15 is 0 Å². The quantitative estimate of drug-likeness (QED) is 0.344. The van der Waals surface area contributed by atoms with Crippen molar-refractivity contribution in [2.45, 2.75) is 25.2 Å². The topological polar surface area (TPSA) is 118 Å². The van der Waals surface area contributed by atoms with Gasteiger partial charge in [0.05, 0.1) is 25.0 Å². The second-order valence-corrected chi connectivity index (χ2v) is 10.3. The van der Waals surface area contributed by atoms with Crippen molar-refractivity contribution >= 4 is 11.8 Å². The average Bonchev–Trinajstić information content (AvgIpc) is 3.61. The number of carbonyl (C=O) groups excluding carboxylic acids is 2. The number of aromatic nitrogens is 2. The highest BCUT2D eigenvalue weighted by atomic mass is 19.1. The summed E-state index contributed by atoms with van der Waals surface area (Å²) in [6.45, 7) is 1.67. The smallest absolute Gasteiger partial charge is 0.258 e. The molecule has 4 heterocycles. The Morgan fingerprint density at radius 3 is 2.71 bits per heavy atom. The Morgan fingerprint density at radius 1 is 1.05 bits per heavy atom. The molecule has 11 heteroatoms. The standard InChI is InChI=1S/C31H30FN5O5/c1-40-26-10-7-21-12-27(26)41-18-29(38)33-13-19-5-8-24(9-6-19)42-28-17-37(16-25(28)35-31(21)39)15-22-14-34-36-30(22)20-3-2-4-23(32)11-20/h2-12,14,25,28H,13,15-18H2,1H3,(H,33,38)(H,34,36)(H,35,39)/t25-,28-/m0/s1. The van der Waals surface area contributed by atoms with E-state index in [-0.39, 0.29) is 36.4 Å². The molecular weight excluding hydrogens is 541 g/mol. The second kappa shape index (κ2) is 11.9. The number of carbonyl (C=O) groups is 2. The van der Waals surface area contributed by atoms with Gasteiger partial charge in [0.25, 0.3) is 11.8 Å². The molecule has 1 aromatic heterocycles. The maximum absolute atomic E-state index is 13.9. The van der Waals surface area contributed by atoms with Crippen LogP contribution in [0.2, 0.25) is 0 Å². The zero-order valence-electron chi connectivity index (χ0n) is 22.9. The van der Waals surface area contributed by atoms with E-state index < -0.39 is 0 Å². The van der Waals surface area contributed by atoms with Crippen LogP contribution in [0.25, 0.3) is 11.3 Å². The molecule has 0 saturated carbocycles. The molecule has 216 valence electrons. The van der Waals surface area contributed by atoms with Gasteiger partial charge in [-0.3, -0.25) is 19.6 Å². The maximum Gasteiger partial charge on any atom is 0.258 e.